The zero-order valence-corrected chi connectivity index (χ0v) is 10.7. The zero-order valence-electron chi connectivity index (χ0n) is 9.17. The van der Waals surface area contributed by atoms with E-state index in [1.807, 2.05) is 25.1 Å². The smallest absolute Gasteiger partial charge is 0.149 e. The molecule has 3 N–H and O–H groups in total. The molecule has 5 heteroatoms. The van der Waals surface area contributed by atoms with E-state index in [-0.39, 0.29) is 0 Å². The number of benzene rings is 1. The molecule has 0 amide bonds. The van der Waals surface area contributed by atoms with E-state index in [0.29, 0.717) is 21.6 Å². The van der Waals surface area contributed by atoms with Crippen molar-refractivity contribution in [2.24, 2.45) is 0 Å². The second-order valence-corrected chi connectivity index (χ2v) is 4.52. The van der Waals surface area contributed by atoms with E-state index in [1.165, 1.54) is 6.20 Å². The molecule has 3 nitrogen and oxygen atoms in total. The first-order chi connectivity index (χ1) is 8.06. The lowest BCUT2D eigenvalue weighted by Gasteiger charge is -2.10. The van der Waals surface area contributed by atoms with Gasteiger partial charge in [-0.1, -0.05) is 29.3 Å². The Morgan fingerprint density at radius 2 is 1.94 bits per heavy atom. The van der Waals surface area contributed by atoms with Crippen molar-refractivity contribution in [3.05, 3.63) is 46.1 Å². The van der Waals surface area contributed by atoms with E-state index in [1.54, 1.807) is 6.07 Å². The zero-order chi connectivity index (χ0) is 12.4. The number of hydrogen-bond acceptors (Lipinski definition) is 3. The Morgan fingerprint density at radius 1 is 1.18 bits per heavy atom. The summed E-state index contributed by atoms with van der Waals surface area (Å²) < 4.78 is 0. The molecule has 0 aliphatic carbocycles. The normalized spacial score (nSPS) is 10.3. The molecule has 0 bridgehead atoms. The van der Waals surface area contributed by atoms with Crippen LogP contribution in [0.3, 0.4) is 0 Å². The summed E-state index contributed by atoms with van der Waals surface area (Å²) in [7, 11) is 0. The van der Waals surface area contributed by atoms with Crippen molar-refractivity contribution in [3.8, 4) is 0 Å². The maximum Gasteiger partial charge on any atom is 0.149 e. The summed E-state index contributed by atoms with van der Waals surface area (Å²) in [5, 5.41) is 4.15. The van der Waals surface area contributed by atoms with Gasteiger partial charge in [-0.3, -0.25) is 0 Å². The van der Waals surface area contributed by atoms with Gasteiger partial charge in [0, 0.05) is 0 Å². The first-order valence-electron chi connectivity index (χ1n) is 5.00. The molecule has 1 aromatic carbocycles. The van der Waals surface area contributed by atoms with Crippen molar-refractivity contribution in [2.45, 2.75) is 6.92 Å². The summed E-state index contributed by atoms with van der Waals surface area (Å²) in [5.41, 5.74) is 7.97. The van der Waals surface area contributed by atoms with Crippen LogP contribution >= 0.6 is 23.2 Å². The highest BCUT2D eigenvalue weighted by Gasteiger charge is 2.06. The topological polar surface area (TPSA) is 50.9 Å². The second kappa shape index (κ2) is 4.82. The van der Waals surface area contributed by atoms with Crippen molar-refractivity contribution in [2.75, 3.05) is 11.1 Å². The molecule has 0 fully saturated rings. The Balaban J connectivity index is 2.34. The van der Waals surface area contributed by atoms with Gasteiger partial charge < -0.3 is 11.1 Å². The van der Waals surface area contributed by atoms with Gasteiger partial charge >= 0.3 is 0 Å². The van der Waals surface area contributed by atoms with Crippen molar-refractivity contribution < 1.29 is 0 Å². The van der Waals surface area contributed by atoms with E-state index >= 15 is 0 Å². The monoisotopic (exact) mass is 267 g/mol. The lowest BCUT2D eigenvalue weighted by atomic mass is 10.2. The Labute approximate surface area is 110 Å². The lowest BCUT2D eigenvalue weighted by Crippen LogP contribution is -1.97. The first-order valence-corrected chi connectivity index (χ1v) is 5.76. The highest BCUT2D eigenvalue weighted by molar-refractivity contribution is 6.34. The standard InChI is InChI=1S/C12H11Cl2N3/c1-7-2-3-9(13)11(4-7)17-12-10(14)5-8(15)6-16-12/h2-6H,15H2,1H3,(H,16,17). The second-order valence-electron chi connectivity index (χ2n) is 3.71. The van der Waals surface area contributed by atoms with Gasteiger partial charge in [-0.05, 0) is 30.7 Å². The van der Waals surface area contributed by atoms with Crippen molar-refractivity contribution in [1.29, 1.82) is 0 Å². The lowest BCUT2D eigenvalue weighted by molar-refractivity contribution is 1.31. The number of nitrogens with zero attached hydrogens (tertiary/aromatic N) is 1. The number of nitrogen functional groups attached to an aromatic ring is 1. The van der Waals surface area contributed by atoms with Crippen molar-refractivity contribution >= 4 is 40.4 Å². The number of nitrogens with one attached hydrogen (secondary N) is 1. The van der Waals surface area contributed by atoms with Crippen LogP contribution in [0.15, 0.2) is 30.5 Å². The average Bonchev–Trinajstić information content (AvgIpc) is 2.27. The third kappa shape index (κ3) is 2.81. The highest BCUT2D eigenvalue weighted by atomic mass is 35.5. The molecule has 0 aliphatic rings. The number of rotatable bonds is 2. The van der Waals surface area contributed by atoms with Gasteiger partial charge in [-0.2, -0.15) is 0 Å². The van der Waals surface area contributed by atoms with Crippen LogP contribution in [0.4, 0.5) is 17.2 Å². The summed E-state index contributed by atoms with van der Waals surface area (Å²) in [4.78, 5) is 4.12. The summed E-state index contributed by atoms with van der Waals surface area (Å²) >= 11 is 12.1. The maximum absolute atomic E-state index is 6.07. The van der Waals surface area contributed by atoms with Gasteiger partial charge in [0.1, 0.15) is 5.82 Å². The van der Waals surface area contributed by atoms with Gasteiger partial charge in [0.25, 0.3) is 0 Å². The van der Waals surface area contributed by atoms with Gasteiger partial charge in [-0.25, -0.2) is 4.98 Å². The van der Waals surface area contributed by atoms with E-state index in [9.17, 15) is 0 Å². The SMILES string of the molecule is Cc1ccc(Cl)c(Nc2ncc(N)cc2Cl)c1. The molecule has 17 heavy (non-hydrogen) atoms. The van der Waals surface area contributed by atoms with Gasteiger partial charge in [-0.15, -0.1) is 0 Å². The Hall–Kier alpha value is -1.45. The van der Waals surface area contributed by atoms with E-state index < -0.39 is 0 Å². The quantitative estimate of drug-likeness (QED) is 0.864. The van der Waals surface area contributed by atoms with E-state index in [4.69, 9.17) is 28.9 Å². The summed E-state index contributed by atoms with van der Waals surface area (Å²) in [5.74, 6) is 0.536. The van der Waals surface area contributed by atoms with Crippen molar-refractivity contribution in [1.82, 2.24) is 4.98 Å². The molecule has 0 radical (unpaired) electrons. The minimum Gasteiger partial charge on any atom is -0.397 e. The molecule has 2 rings (SSSR count). The number of anilines is 3. The van der Waals surface area contributed by atoms with E-state index in [2.05, 4.69) is 10.3 Å². The number of halogens is 2. The molecule has 1 aromatic heterocycles. The molecular weight excluding hydrogens is 257 g/mol. The number of nitrogens with two attached hydrogens (primary N) is 1. The Bertz CT molecular complexity index is 555. The molecular formula is C12H11Cl2N3. The fraction of sp³-hybridized carbons (Fsp3) is 0.0833. The average molecular weight is 268 g/mol. The largest absolute Gasteiger partial charge is 0.397 e. The molecule has 1 heterocycles. The van der Waals surface area contributed by atoms with Gasteiger partial charge in [0.2, 0.25) is 0 Å². The Kier molecular flexibility index (Phi) is 3.41. The third-order valence-corrected chi connectivity index (χ3v) is 2.85. The molecule has 0 aliphatic heterocycles. The summed E-state index contributed by atoms with van der Waals surface area (Å²) in [6.07, 6.45) is 1.54. The van der Waals surface area contributed by atoms with Crippen molar-refractivity contribution in [3.63, 3.8) is 0 Å². The highest BCUT2D eigenvalue weighted by Crippen LogP contribution is 2.29. The Morgan fingerprint density at radius 3 is 2.65 bits per heavy atom. The minimum absolute atomic E-state index is 0.461. The van der Waals surface area contributed by atoms with Crippen LogP contribution in [0.25, 0.3) is 0 Å². The molecule has 0 unspecified atom stereocenters. The molecule has 0 saturated heterocycles. The summed E-state index contributed by atoms with van der Waals surface area (Å²) in [6, 6.07) is 7.33. The molecule has 88 valence electrons. The molecule has 0 spiro atoms. The predicted molar refractivity (Wildman–Crippen MR) is 73.1 cm³/mol. The van der Waals surface area contributed by atoms with Crippen LogP contribution < -0.4 is 11.1 Å². The number of aromatic nitrogens is 1. The number of aryl methyl sites for hydroxylation is 1. The summed E-state index contributed by atoms with van der Waals surface area (Å²) in [6.45, 7) is 1.99. The fourth-order valence-electron chi connectivity index (χ4n) is 1.41. The number of hydrogen-bond donors (Lipinski definition) is 2. The predicted octanol–water partition coefficient (Wildman–Crippen LogP) is 4.02. The van der Waals surface area contributed by atoms with Crippen LogP contribution in [0.5, 0.6) is 0 Å². The molecule has 2 aromatic rings. The third-order valence-electron chi connectivity index (χ3n) is 2.24. The van der Waals surface area contributed by atoms with Crippen LogP contribution in [0, 0.1) is 6.92 Å². The minimum atomic E-state index is 0.461. The first kappa shape index (κ1) is 12.0. The van der Waals surface area contributed by atoms with Crippen LogP contribution in [-0.4, -0.2) is 4.98 Å². The van der Waals surface area contributed by atoms with Crippen LogP contribution in [0.1, 0.15) is 5.56 Å². The van der Waals surface area contributed by atoms with Crippen LogP contribution in [0.2, 0.25) is 10.0 Å². The van der Waals surface area contributed by atoms with Gasteiger partial charge in [0.15, 0.2) is 0 Å². The maximum atomic E-state index is 6.07. The molecule has 0 saturated carbocycles. The fourth-order valence-corrected chi connectivity index (χ4v) is 1.79. The van der Waals surface area contributed by atoms with E-state index in [0.717, 1.165) is 11.3 Å². The van der Waals surface area contributed by atoms with Crippen LogP contribution in [-0.2, 0) is 0 Å². The van der Waals surface area contributed by atoms with Gasteiger partial charge in [0.05, 0.1) is 27.6 Å². The number of pyridine rings is 1. The molecule has 0 atom stereocenters.